The number of carbonyl (C=O) groups excluding carboxylic acids is 3. The number of nitrogens with zero attached hydrogens (tertiary/aromatic N) is 4. The number of carboxylic acid groups (broad SMARTS) is 1. The smallest absolute Gasteiger partial charge is 0.411 e. The van der Waals surface area contributed by atoms with E-state index in [-0.39, 0.29) is 54.8 Å². The number of alkyl halides is 3. The Morgan fingerprint density at radius 1 is 1.07 bits per heavy atom. The van der Waals surface area contributed by atoms with Crippen molar-refractivity contribution in [3.05, 3.63) is 36.4 Å². The quantitative estimate of drug-likeness (QED) is 0.274. The summed E-state index contributed by atoms with van der Waals surface area (Å²) in [4.78, 5) is 57.7. The molecule has 2 saturated carbocycles. The van der Waals surface area contributed by atoms with Gasteiger partial charge in [0.15, 0.2) is 0 Å². The third-order valence-electron chi connectivity index (χ3n) is 11.9. The molecule has 3 heterocycles. The van der Waals surface area contributed by atoms with Crippen LogP contribution < -0.4 is 19.5 Å². The van der Waals surface area contributed by atoms with E-state index >= 15 is 4.79 Å². The van der Waals surface area contributed by atoms with Crippen LogP contribution in [-0.2, 0) is 24.4 Å². The van der Waals surface area contributed by atoms with Crippen LogP contribution in [-0.4, -0.2) is 111 Å². The van der Waals surface area contributed by atoms with Gasteiger partial charge < -0.3 is 24.8 Å². The molecule has 2 aliphatic carbocycles. The van der Waals surface area contributed by atoms with E-state index in [1.807, 2.05) is 13.0 Å². The number of amides is 4. The summed E-state index contributed by atoms with van der Waals surface area (Å²) >= 11 is 0. The number of halogens is 3. The number of nitrogens with one attached hydrogen (secondary N) is 2. The standard InChI is InChI=1S/C39H51F3N6O9S/c1-6-23-18-22(3)12-8-9-13-24-20-38(24,35(51)46-58(54,55)26-16-17-26)43-31(49)29-19-25(57-33-28-15-11-10-14-27(28)32(44-45-33)56-7-2)21-47(29)34(50)30(23)48(36(52)53)37(4,5)39(40,41)42/h9-11,13-15,22-26,29-30H,6-8,12,16-21H2,1-5H3,(H,43,49)(H,46,51)(H,52,53)/b13-9-/t22-,23+,24+,25+,29-,30-,38+/m0/s1. The molecule has 0 spiro atoms. The molecule has 0 bridgehead atoms. The summed E-state index contributed by atoms with van der Waals surface area (Å²) in [5, 5.41) is 21.9. The normalized spacial score (nSPS) is 28.9. The summed E-state index contributed by atoms with van der Waals surface area (Å²) in [5.41, 5.74) is -4.75. The second-order valence-electron chi connectivity index (χ2n) is 16.4. The average molecular weight is 837 g/mol. The first-order valence-electron chi connectivity index (χ1n) is 19.7. The molecule has 7 atom stereocenters. The molecule has 6 rings (SSSR count). The van der Waals surface area contributed by atoms with Gasteiger partial charge in [-0.1, -0.05) is 44.6 Å². The third kappa shape index (κ3) is 8.41. The number of carbonyl (C=O) groups is 4. The number of aromatic nitrogens is 2. The summed E-state index contributed by atoms with van der Waals surface area (Å²) in [7, 11) is -4.03. The van der Waals surface area contributed by atoms with Crippen LogP contribution in [0.4, 0.5) is 18.0 Å². The molecule has 4 aliphatic rings. The minimum Gasteiger partial charge on any atom is -0.476 e. The highest BCUT2D eigenvalue weighted by atomic mass is 32.2. The number of benzene rings is 1. The monoisotopic (exact) mass is 836 g/mol. The molecule has 58 heavy (non-hydrogen) atoms. The highest BCUT2D eigenvalue weighted by molar-refractivity contribution is 7.91. The van der Waals surface area contributed by atoms with Crippen LogP contribution in [0, 0.1) is 17.8 Å². The number of sulfonamides is 1. The third-order valence-corrected chi connectivity index (χ3v) is 13.7. The van der Waals surface area contributed by atoms with Crippen molar-refractivity contribution in [1.82, 2.24) is 30.0 Å². The average Bonchev–Trinajstić information content (AvgIpc) is 4.08. The van der Waals surface area contributed by atoms with Crippen LogP contribution in [0.5, 0.6) is 11.8 Å². The van der Waals surface area contributed by atoms with Crippen molar-refractivity contribution in [2.24, 2.45) is 17.8 Å². The molecule has 1 aromatic heterocycles. The summed E-state index contributed by atoms with van der Waals surface area (Å²) in [6.07, 6.45) is -2.65. The topological polar surface area (TPSA) is 197 Å². The predicted molar refractivity (Wildman–Crippen MR) is 204 cm³/mol. The van der Waals surface area contributed by atoms with Crippen LogP contribution in [0.3, 0.4) is 0 Å². The summed E-state index contributed by atoms with van der Waals surface area (Å²) in [5.74, 6) is -4.29. The highest BCUT2D eigenvalue weighted by Crippen LogP contribution is 2.47. The van der Waals surface area contributed by atoms with Crippen molar-refractivity contribution in [2.45, 2.75) is 127 Å². The van der Waals surface area contributed by atoms with Crippen molar-refractivity contribution in [3.8, 4) is 11.8 Å². The Morgan fingerprint density at radius 3 is 2.33 bits per heavy atom. The van der Waals surface area contributed by atoms with Gasteiger partial charge in [0.2, 0.25) is 33.6 Å². The SMILES string of the molecule is CCOc1nnc(O[C@@H]2C[C@H]3C(=O)N[C@]4(C(=O)NS(=O)(=O)C5CC5)C[C@H]4/C=C\CC[C@H](C)C[C@@H](CC)[C@H](N(C(=O)O)C(C)(C)C(F)(F)F)C(=O)N3C2)c2ccccc12. The minimum atomic E-state index is -5.10. The Labute approximate surface area is 335 Å². The van der Waals surface area contributed by atoms with E-state index in [1.54, 1.807) is 44.2 Å². The van der Waals surface area contributed by atoms with E-state index in [0.717, 1.165) is 4.90 Å². The van der Waals surface area contributed by atoms with Gasteiger partial charge in [0.05, 0.1) is 29.2 Å². The van der Waals surface area contributed by atoms with Gasteiger partial charge in [-0.2, -0.15) is 13.2 Å². The summed E-state index contributed by atoms with van der Waals surface area (Å²) < 4.78 is 84.2. The van der Waals surface area contributed by atoms with Crippen LogP contribution in [0.2, 0.25) is 0 Å². The highest BCUT2D eigenvalue weighted by Gasteiger charge is 2.63. The lowest BCUT2D eigenvalue weighted by Gasteiger charge is -2.46. The van der Waals surface area contributed by atoms with Crippen LogP contribution >= 0.6 is 0 Å². The molecular weight excluding hydrogens is 786 g/mol. The first-order chi connectivity index (χ1) is 27.3. The van der Waals surface area contributed by atoms with E-state index < -0.39 is 86.4 Å². The molecule has 318 valence electrons. The van der Waals surface area contributed by atoms with Crippen molar-refractivity contribution in [1.29, 1.82) is 0 Å². The molecule has 2 aromatic rings. The predicted octanol–water partition coefficient (Wildman–Crippen LogP) is 4.95. The molecule has 1 aromatic carbocycles. The first kappa shape index (κ1) is 42.9. The van der Waals surface area contributed by atoms with Crippen LogP contribution in [0.25, 0.3) is 10.8 Å². The van der Waals surface area contributed by atoms with E-state index in [9.17, 15) is 41.1 Å². The second kappa shape index (κ2) is 16.2. The molecule has 3 fully saturated rings. The van der Waals surface area contributed by atoms with Gasteiger partial charge in [-0.15, -0.1) is 10.2 Å². The molecule has 15 nitrogen and oxygen atoms in total. The Morgan fingerprint density at radius 2 is 1.72 bits per heavy atom. The maximum Gasteiger partial charge on any atom is 0.411 e. The molecule has 19 heteroatoms. The lowest BCUT2D eigenvalue weighted by atomic mass is 9.82. The van der Waals surface area contributed by atoms with Crippen LogP contribution in [0.15, 0.2) is 36.4 Å². The molecule has 4 amide bonds. The van der Waals surface area contributed by atoms with Gasteiger partial charge in [-0.25, -0.2) is 13.2 Å². The zero-order valence-corrected chi connectivity index (χ0v) is 33.9. The van der Waals surface area contributed by atoms with Crippen molar-refractivity contribution >= 4 is 44.6 Å². The fourth-order valence-corrected chi connectivity index (χ4v) is 9.58. The fourth-order valence-electron chi connectivity index (χ4n) is 8.21. The Kier molecular flexibility index (Phi) is 12.0. The van der Waals surface area contributed by atoms with Crippen molar-refractivity contribution < 1.29 is 55.3 Å². The number of allylic oxidation sites excluding steroid dienone is 1. The van der Waals surface area contributed by atoms with E-state index in [4.69, 9.17) is 9.47 Å². The van der Waals surface area contributed by atoms with E-state index in [1.165, 1.54) is 0 Å². The maximum absolute atomic E-state index is 15.1. The zero-order valence-electron chi connectivity index (χ0n) is 33.1. The molecule has 0 radical (unpaired) electrons. The number of fused-ring (bicyclic) bond motifs is 3. The summed E-state index contributed by atoms with van der Waals surface area (Å²) in [6.45, 7) is 6.64. The van der Waals surface area contributed by atoms with E-state index in [2.05, 4.69) is 20.2 Å². The number of hydrogen-bond acceptors (Lipinski definition) is 10. The van der Waals surface area contributed by atoms with Crippen molar-refractivity contribution in [2.75, 3.05) is 13.2 Å². The number of hydrogen-bond donors (Lipinski definition) is 3. The van der Waals surface area contributed by atoms with Gasteiger partial charge in [0, 0.05) is 12.3 Å². The minimum absolute atomic E-state index is 0.0235. The Bertz CT molecular complexity index is 2060. The van der Waals surface area contributed by atoms with Gasteiger partial charge >= 0.3 is 12.3 Å². The largest absolute Gasteiger partial charge is 0.476 e. The maximum atomic E-state index is 15.1. The molecule has 2 aliphatic heterocycles. The first-order valence-corrected chi connectivity index (χ1v) is 21.3. The molecule has 0 unspecified atom stereocenters. The molecular formula is C39H51F3N6O9S. The Hall–Kier alpha value is -4.68. The van der Waals surface area contributed by atoms with E-state index in [0.29, 0.717) is 56.9 Å². The molecule has 3 N–H and O–H groups in total. The number of rotatable bonds is 10. The van der Waals surface area contributed by atoms with Gasteiger partial charge in [-0.05, 0) is 83.3 Å². The lowest BCUT2D eigenvalue weighted by Crippen LogP contribution is -2.66. The Balaban J connectivity index is 1.44. The lowest BCUT2D eigenvalue weighted by molar-refractivity contribution is -0.222. The van der Waals surface area contributed by atoms with Gasteiger partial charge in [0.1, 0.15) is 29.3 Å². The molecule has 1 saturated heterocycles. The number of ether oxygens (including phenoxy) is 2. The van der Waals surface area contributed by atoms with Gasteiger partial charge in [0.25, 0.3) is 5.91 Å². The van der Waals surface area contributed by atoms with Gasteiger partial charge in [-0.3, -0.25) is 24.0 Å². The second-order valence-corrected chi connectivity index (χ2v) is 18.3. The summed E-state index contributed by atoms with van der Waals surface area (Å²) in [6, 6.07) is 3.56. The van der Waals surface area contributed by atoms with Crippen LogP contribution in [0.1, 0.15) is 86.0 Å². The fraction of sp³-hybridized carbons (Fsp3) is 0.641. The van der Waals surface area contributed by atoms with Crippen molar-refractivity contribution in [3.63, 3.8) is 0 Å². The zero-order chi connectivity index (χ0) is 42.4.